The van der Waals surface area contributed by atoms with Crippen LogP contribution >= 0.6 is 0 Å². The Hall–Kier alpha value is -1.53. The lowest BCUT2D eigenvalue weighted by Crippen LogP contribution is -2.41. The van der Waals surface area contributed by atoms with Gasteiger partial charge in [0, 0.05) is 13.1 Å². The average Bonchev–Trinajstić information content (AvgIpc) is 2.75. The third-order valence-corrected chi connectivity index (χ3v) is 5.44. The number of nitrogens with zero attached hydrogens (tertiary/aromatic N) is 1. The van der Waals surface area contributed by atoms with Crippen molar-refractivity contribution in [1.29, 1.82) is 0 Å². The second kappa shape index (κ2) is 6.08. The summed E-state index contributed by atoms with van der Waals surface area (Å²) in [7, 11) is -0.890. The van der Waals surface area contributed by atoms with Gasteiger partial charge in [0.1, 0.15) is 5.73 Å². The maximum atomic E-state index is 14.9. The smallest absolute Gasteiger partial charge is 0.398 e. The molecule has 4 nitrogen and oxygen atoms in total. The van der Waals surface area contributed by atoms with Gasteiger partial charge in [-0.3, -0.25) is 0 Å². The molecule has 0 bridgehead atoms. The van der Waals surface area contributed by atoms with E-state index in [2.05, 4.69) is 4.90 Å². The Bertz CT molecular complexity index is 634. The minimum atomic E-state index is -0.890. The van der Waals surface area contributed by atoms with Crippen LogP contribution in [0.2, 0.25) is 0 Å². The number of benzene rings is 1. The first-order valence-electron chi connectivity index (χ1n) is 8.54. The van der Waals surface area contributed by atoms with Crippen molar-refractivity contribution in [2.75, 3.05) is 23.7 Å². The fraction of sp³-hybridized carbons (Fsp3) is 0.556. The standard InChI is InChI=1S/C18H26BFN2O2/c1-17(2)18(3,4)24-19(23-17)16(20)13-9-11-22(12-10-13)15-8-6-5-7-14(15)21/h5-8H,9-12,21H2,1-4H3. The lowest BCUT2D eigenvalue weighted by molar-refractivity contribution is 0.00578. The van der Waals surface area contributed by atoms with E-state index in [1.165, 1.54) is 0 Å². The average molecular weight is 332 g/mol. The zero-order chi connectivity index (χ0) is 17.5. The van der Waals surface area contributed by atoms with Crippen LogP contribution in [0.1, 0.15) is 40.5 Å². The summed E-state index contributed by atoms with van der Waals surface area (Å²) < 4.78 is 26.5. The maximum absolute atomic E-state index is 14.9. The van der Waals surface area contributed by atoms with Crippen LogP contribution in [0.15, 0.2) is 35.6 Å². The predicted octanol–water partition coefficient (Wildman–Crippen LogP) is 3.72. The number of para-hydroxylation sites is 2. The zero-order valence-electron chi connectivity index (χ0n) is 14.9. The molecule has 2 aliphatic rings. The van der Waals surface area contributed by atoms with E-state index < -0.39 is 18.3 Å². The van der Waals surface area contributed by atoms with Gasteiger partial charge in [0.15, 0.2) is 0 Å². The fourth-order valence-electron chi connectivity index (χ4n) is 3.15. The van der Waals surface area contributed by atoms with Crippen molar-refractivity contribution in [2.24, 2.45) is 0 Å². The summed E-state index contributed by atoms with van der Waals surface area (Å²) >= 11 is 0. The second-order valence-electron chi connectivity index (χ2n) is 7.59. The van der Waals surface area contributed by atoms with Crippen molar-refractivity contribution in [3.05, 3.63) is 35.6 Å². The molecule has 2 heterocycles. The highest BCUT2D eigenvalue weighted by Crippen LogP contribution is 2.40. The van der Waals surface area contributed by atoms with Gasteiger partial charge in [-0.1, -0.05) is 12.1 Å². The third kappa shape index (κ3) is 3.05. The van der Waals surface area contributed by atoms with Crippen LogP contribution in [0.3, 0.4) is 0 Å². The van der Waals surface area contributed by atoms with Crippen LogP contribution in [-0.2, 0) is 9.31 Å². The number of hydrogen-bond acceptors (Lipinski definition) is 4. The van der Waals surface area contributed by atoms with Crippen molar-refractivity contribution >= 4 is 18.5 Å². The van der Waals surface area contributed by atoms with Crippen LogP contribution in [-0.4, -0.2) is 31.4 Å². The largest absolute Gasteiger partial charge is 0.525 e. The van der Waals surface area contributed by atoms with Crippen molar-refractivity contribution in [3.63, 3.8) is 0 Å². The molecule has 1 aromatic rings. The number of piperidine rings is 1. The Kier molecular flexibility index (Phi) is 4.38. The number of nitrogen functional groups attached to an aromatic ring is 1. The van der Waals surface area contributed by atoms with Gasteiger partial charge in [-0.15, -0.1) is 0 Å². The minimum absolute atomic E-state index is 0.255. The van der Waals surface area contributed by atoms with Crippen molar-refractivity contribution in [2.45, 2.75) is 51.7 Å². The first kappa shape index (κ1) is 17.3. The highest BCUT2D eigenvalue weighted by atomic mass is 19.1. The number of hydrogen-bond donors (Lipinski definition) is 1. The first-order valence-corrected chi connectivity index (χ1v) is 8.54. The molecule has 2 saturated heterocycles. The number of rotatable bonds is 2. The molecule has 0 aromatic heterocycles. The van der Waals surface area contributed by atoms with E-state index >= 15 is 0 Å². The van der Waals surface area contributed by atoms with Crippen LogP contribution in [0.5, 0.6) is 0 Å². The third-order valence-electron chi connectivity index (χ3n) is 5.44. The molecule has 0 aliphatic carbocycles. The van der Waals surface area contributed by atoms with Crippen molar-refractivity contribution < 1.29 is 13.7 Å². The Balaban J connectivity index is 1.70. The van der Waals surface area contributed by atoms with E-state index in [9.17, 15) is 4.39 Å². The lowest BCUT2D eigenvalue weighted by Gasteiger charge is -2.32. The summed E-state index contributed by atoms with van der Waals surface area (Å²) in [6, 6.07) is 7.80. The summed E-state index contributed by atoms with van der Waals surface area (Å²) in [6.07, 6.45) is 1.31. The van der Waals surface area contributed by atoms with Gasteiger partial charge in [-0.25, -0.2) is 4.39 Å². The van der Waals surface area contributed by atoms with E-state index in [-0.39, 0.29) is 5.73 Å². The van der Waals surface area contributed by atoms with Gasteiger partial charge in [0.25, 0.3) is 0 Å². The van der Waals surface area contributed by atoms with Crippen LogP contribution in [0, 0.1) is 0 Å². The summed E-state index contributed by atoms with van der Waals surface area (Å²) in [5.41, 5.74) is 7.32. The SMILES string of the molecule is CC1(C)OB(C(F)=C2CCN(c3ccccc3N)CC2)OC1(C)C. The van der Waals surface area contributed by atoms with Gasteiger partial charge in [-0.05, 0) is 58.2 Å². The number of nitrogens with two attached hydrogens (primary N) is 1. The molecule has 0 amide bonds. The Morgan fingerprint density at radius 3 is 2.17 bits per heavy atom. The summed E-state index contributed by atoms with van der Waals surface area (Å²) in [4.78, 5) is 2.20. The molecule has 2 N–H and O–H groups in total. The molecule has 1 aromatic carbocycles. The highest BCUT2D eigenvalue weighted by Gasteiger charge is 2.53. The normalized spacial score (nSPS) is 22.8. The molecule has 6 heteroatoms. The summed E-state index contributed by atoms with van der Waals surface area (Å²) in [6.45, 7) is 9.24. The van der Waals surface area contributed by atoms with Gasteiger partial charge in [0.05, 0.1) is 22.6 Å². The van der Waals surface area contributed by atoms with Crippen LogP contribution < -0.4 is 10.6 Å². The van der Waals surface area contributed by atoms with Gasteiger partial charge in [0.2, 0.25) is 0 Å². The monoisotopic (exact) mass is 332 g/mol. The lowest BCUT2D eigenvalue weighted by atomic mass is 9.82. The van der Waals surface area contributed by atoms with Crippen LogP contribution in [0.4, 0.5) is 15.8 Å². The minimum Gasteiger partial charge on any atom is -0.398 e. The molecule has 2 fully saturated rings. The Morgan fingerprint density at radius 2 is 1.62 bits per heavy atom. The Labute approximate surface area is 143 Å². The van der Waals surface area contributed by atoms with E-state index in [1.807, 2.05) is 52.0 Å². The highest BCUT2D eigenvalue weighted by molar-refractivity contribution is 6.53. The molecule has 3 rings (SSSR count). The predicted molar refractivity (Wildman–Crippen MR) is 96.5 cm³/mol. The Morgan fingerprint density at radius 1 is 1.08 bits per heavy atom. The van der Waals surface area contributed by atoms with Crippen molar-refractivity contribution in [1.82, 2.24) is 0 Å². The molecule has 0 radical (unpaired) electrons. The molecule has 24 heavy (non-hydrogen) atoms. The molecule has 0 atom stereocenters. The van der Waals surface area contributed by atoms with Crippen LogP contribution in [0.25, 0.3) is 0 Å². The molecule has 2 aliphatic heterocycles. The van der Waals surface area contributed by atoms with Gasteiger partial charge < -0.3 is 19.9 Å². The van der Waals surface area contributed by atoms with Gasteiger partial charge in [-0.2, -0.15) is 0 Å². The quantitative estimate of drug-likeness (QED) is 0.662. The molecule has 0 unspecified atom stereocenters. The summed E-state index contributed by atoms with van der Waals surface area (Å²) in [5.74, 6) is 0. The summed E-state index contributed by atoms with van der Waals surface area (Å²) in [5, 5.41) is 0. The first-order chi connectivity index (χ1) is 11.2. The topological polar surface area (TPSA) is 47.7 Å². The number of halogens is 1. The van der Waals surface area contributed by atoms with Crippen molar-refractivity contribution in [3.8, 4) is 0 Å². The molecule has 0 saturated carbocycles. The van der Waals surface area contributed by atoms with E-state index in [1.54, 1.807) is 0 Å². The van der Waals surface area contributed by atoms with Gasteiger partial charge >= 0.3 is 7.12 Å². The molecule has 0 spiro atoms. The number of anilines is 2. The molecular weight excluding hydrogens is 306 g/mol. The molecule has 130 valence electrons. The van der Waals surface area contributed by atoms with E-state index in [0.717, 1.165) is 30.0 Å². The zero-order valence-corrected chi connectivity index (χ0v) is 14.9. The fourth-order valence-corrected chi connectivity index (χ4v) is 3.15. The van der Waals surface area contributed by atoms with E-state index in [4.69, 9.17) is 15.0 Å². The van der Waals surface area contributed by atoms with E-state index in [0.29, 0.717) is 12.8 Å². The maximum Gasteiger partial charge on any atom is 0.525 e. The molecular formula is C18H26BFN2O2. The second-order valence-corrected chi connectivity index (χ2v) is 7.59.